The summed E-state index contributed by atoms with van der Waals surface area (Å²) >= 11 is 1.21. The number of amides is 1. The maximum absolute atomic E-state index is 12.6. The number of hydrogen-bond donors (Lipinski definition) is 1. The van der Waals surface area contributed by atoms with Gasteiger partial charge >= 0.3 is 0 Å². The third-order valence-electron chi connectivity index (χ3n) is 4.06. The standard InChI is InChI=1S/C19H21NO4S/c1-11(2)18(13-4-5-14-15(10-13)24-9-8-23-14)20-19(22)17-7-6-16(25-17)12(3)21/h4-7,10-11,18H,8-9H2,1-3H3,(H,20,22). The highest BCUT2D eigenvalue weighted by molar-refractivity contribution is 7.15. The van der Waals surface area contributed by atoms with E-state index in [1.807, 2.05) is 18.2 Å². The highest BCUT2D eigenvalue weighted by Gasteiger charge is 2.23. The first kappa shape index (κ1) is 17.5. The van der Waals surface area contributed by atoms with Gasteiger partial charge in [-0.05, 0) is 42.7 Å². The summed E-state index contributed by atoms with van der Waals surface area (Å²) in [5.41, 5.74) is 0.968. The molecular weight excluding hydrogens is 338 g/mol. The van der Waals surface area contributed by atoms with Crippen molar-refractivity contribution in [3.8, 4) is 11.5 Å². The zero-order valence-corrected chi connectivity index (χ0v) is 15.3. The van der Waals surface area contributed by atoms with Gasteiger partial charge in [0.25, 0.3) is 5.91 Å². The molecule has 3 rings (SSSR count). The average molecular weight is 359 g/mol. The minimum absolute atomic E-state index is 0.0312. The van der Waals surface area contributed by atoms with Crippen molar-refractivity contribution in [1.82, 2.24) is 5.32 Å². The molecule has 2 aromatic rings. The molecule has 0 spiro atoms. The van der Waals surface area contributed by atoms with E-state index in [2.05, 4.69) is 19.2 Å². The summed E-state index contributed by atoms with van der Waals surface area (Å²) < 4.78 is 11.2. The third kappa shape index (κ3) is 3.85. The first-order valence-corrected chi connectivity index (χ1v) is 9.08. The van der Waals surface area contributed by atoms with E-state index in [1.165, 1.54) is 18.3 Å². The van der Waals surface area contributed by atoms with Gasteiger partial charge in [0.05, 0.1) is 15.8 Å². The van der Waals surface area contributed by atoms with Crippen LogP contribution in [0.1, 0.15) is 51.7 Å². The molecule has 1 unspecified atom stereocenters. The number of ether oxygens (including phenoxy) is 2. The summed E-state index contributed by atoms with van der Waals surface area (Å²) in [5.74, 6) is 1.42. The number of rotatable bonds is 5. The Morgan fingerprint density at radius 1 is 1.04 bits per heavy atom. The Hall–Kier alpha value is -2.34. The highest BCUT2D eigenvalue weighted by Crippen LogP contribution is 2.34. The molecule has 5 nitrogen and oxygen atoms in total. The molecule has 25 heavy (non-hydrogen) atoms. The number of ketones is 1. The van der Waals surface area contributed by atoms with Crippen LogP contribution in [0.5, 0.6) is 11.5 Å². The lowest BCUT2D eigenvalue weighted by Crippen LogP contribution is -2.31. The highest BCUT2D eigenvalue weighted by atomic mass is 32.1. The number of benzene rings is 1. The molecule has 0 saturated heterocycles. The van der Waals surface area contributed by atoms with Crippen LogP contribution in [0.2, 0.25) is 0 Å². The number of thiophene rings is 1. The topological polar surface area (TPSA) is 64.6 Å². The van der Waals surface area contributed by atoms with Gasteiger partial charge in [-0.25, -0.2) is 0 Å². The quantitative estimate of drug-likeness (QED) is 0.824. The van der Waals surface area contributed by atoms with Crippen LogP contribution < -0.4 is 14.8 Å². The fraction of sp³-hybridized carbons (Fsp3) is 0.368. The monoisotopic (exact) mass is 359 g/mol. The molecule has 0 bridgehead atoms. The summed E-state index contributed by atoms with van der Waals surface area (Å²) in [6.45, 7) is 6.68. The first-order chi connectivity index (χ1) is 12.0. The van der Waals surface area contributed by atoms with Crippen molar-refractivity contribution < 1.29 is 19.1 Å². The lowest BCUT2D eigenvalue weighted by molar-refractivity contribution is 0.0929. The molecule has 1 N–H and O–H groups in total. The van der Waals surface area contributed by atoms with Gasteiger partial charge in [-0.2, -0.15) is 0 Å². The van der Waals surface area contributed by atoms with E-state index in [0.29, 0.717) is 28.7 Å². The van der Waals surface area contributed by atoms with Gasteiger partial charge in [-0.1, -0.05) is 19.9 Å². The van der Waals surface area contributed by atoms with Crippen molar-refractivity contribution in [1.29, 1.82) is 0 Å². The molecule has 6 heteroatoms. The summed E-state index contributed by atoms with van der Waals surface area (Å²) in [5, 5.41) is 3.07. The smallest absolute Gasteiger partial charge is 0.261 e. The maximum atomic E-state index is 12.6. The Morgan fingerprint density at radius 3 is 2.36 bits per heavy atom. The van der Waals surface area contributed by atoms with Crippen LogP contribution in [0, 0.1) is 5.92 Å². The summed E-state index contributed by atoms with van der Waals surface area (Å²) in [7, 11) is 0. The molecule has 0 radical (unpaired) electrons. The van der Waals surface area contributed by atoms with Crippen LogP contribution in [0.15, 0.2) is 30.3 Å². The fourth-order valence-electron chi connectivity index (χ4n) is 2.75. The Labute approximate surface area is 151 Å². The van der Waals surface area contributed by atoms with Crippen molar-refractivity contribution in [2.45, 2.75) is 26.8 Å². The van der Waals surface area contributed by atoms with E-state index in [-0.39, 0.29) is 23.7 Å². The van der Waals surface area contributed by atoms with Crippen molar-refractivity contribution >= 4 is 23.0 Å². The minimum atomic E-state index is -0.175. The number of nitrogens with one attached hydrogen (secondary N) is 1. The molecule has 132 valence electrons. The van der Waals surface area contributed by atoms with Crippen molar-refractivity contribution in [2.24, 2.45) is 5.92 Å². The second-order valence-electron chi connectivity index (χ2n) is 6.32. The second-order valence-corrected chi connectivity index (χ2v) is 7.40. The minimum Gasteiger partial charge on any atom is -0.486 e. The normalized spacial score (nSPS) is 14.2. The number of carbonyl (C=O) groups excluding carboxylic acids is 2. The van der Waals surface area contributed by atoms with Crippen LogP contribution in [0.3, 0.4) is 0 Å². The third-order valence-corrected chi connectivity index (χ3v) is 5.24. The number of Topliss-reactive ketones (excluding diaryl/α,β-unsaturated/α-hetero) is 1. The largest absolute Gasteiger partial charge is 0.486 e. The van der Waals surface area contributed by atoms with Gasteiger partial charge < -0.3 is 14.8 Å². The fourth-order valence-corrected chi connectivity index (χ4v) is 3.55. The number of carbonyl (C=O) groups is 2. The van der Waals surface area contributed by atoms with E-state index >= 15 is 0 Å². The molecule has 1 aromatic heterocycles. The molecule has 1 aromatic carbocycles. The van der Waals surface area contributed by atoms with E-state index < -0.39 is 0 Å². The van der Waals surface area contributed by atoms with Gasteiger partial charge in [-0.15, -0.1) is 11.3 Å². The summed E-state index contributed by atoms with van der Waals surface area (Å²) in [6, 6.07) is 8.98. The van der Waals surface area contributed by atoms with Crippen molar-refractivity contribution in [3.63, 3.8) is 0 Å². The second kappa shape index (κ2) is 7.27. The molecule has 1 aliphatic rings. The molecule has 2 heterocycles. The van der Waals surface area contributed by atoms with Crippen LogP contribution in [-0.2, 0) is 0 Å². The van der Waals surface area contributed by atoms with Crippen LogP contribution in [0.4, 0.5) is 0 Å². The van der Waals surface area contributed by atoms with Crippen molar-refractivity contribution in [2.75, 3.05) is 13.2 Å². The van der Waals surface area contributed by atoms with Crippen LogP contribution in [-0.4, -0.2) is 24.9 Å². The molecule has 0 saturated carbocycles. The van der Waals surface area contributed by atoms with Gasteiger partial charge in [0.15, 0.2) is 17.3 Å². The predicted molar refractivity (Wildman–Crippen MR) is 96.8 cm³/mol. The molecule has 1 aliphatic heterocycles. The van der Waals surface area contributed by atoms with Crippen LogP contribution >= 0.6 is 11.3 Å². The lowest BCUT2D eigenvalue weighted by Gasteiger charge is -2.25. The first-order valence-electron chi connectivity index (χ1n) is 8.27. The molecular formula is C19H21NO4S. The zero-order valence-electron chi connectivity index (χ0n) is 14.5. The number of fused-ring (bicyclic) bond motifs is 1. The van der Waals surface area contributed by atoms with E-state index in [4.69, 9.17) is 9.47 Å². The molecule has 1 atom stereocenters. The zero-order chi connectivity index (χ0) is 18.0. The summed E-state index contributed by atoms with van der Waals surface area (Å²) in [4.78, 5) is 25.1. The van der Waals surface area contributed by atoms with Gasteiger partial charge in [0, 0.05) is 0 Å². The lowest BCUT2D eigenvalue weighted by atomic mass is 9.95. The molecule has 0 aliphatic carbocycles. The summed E-state index contributed by atoms with van der Waals surface area (Å²) in [6.07, 6.45) is 0. The van der Waals surface area contributed by atoms with Crippen LogP contribution in [0.25, 0.3) is 0 Å². The molecule has 1 amide bonds. The van der Waals surface area contributed by atoms with Gasteiger partial charge in [0.2, 0.25) is 0 Å². The van der Waals surface area contributed by atoms with Gasteiger partial charge in [0.1, 0.15) is 13.2 Å². The Kier molecular flexibility index (Phi) is 5.08. The average Bonchev–Trinajstić information content (AvgIpc) is 3.09. The Morgan fingerprint density at radius 2 is 1.72 bits per heavy atom. The molecule has 0 fully saturated rings. The predicted octanol–water partition coefficient (Wildman–Crippen LogP) is 3.85. The van der Waals surface area contributed by atoms with E-state index in [1.54, 1.807) is 12.1 Å². The van der Waals surface area contributed by atoms with Crippen molar-refractivity contribution in [3.05, 3.63) is 45.6 Å². The maximum Gasteiger partial charge on any atom is 0.261 e. The van der Waals surface area contributed by atoms with E-state index in [9.17, 15) is 9.59 Å². The Balaban J connectivity index is 1.81. The SMILES string of the molecule is CC(=O)c1ccc(C(=O)NC(c2ccc3c(c2)OCCO3)C(C)C)s1. The van der Waals surface area contributed by atoms with E-state index in [0.717, 1.165) is 11.3 Å². The Bertz CT molecular complexity index is 796. The van der Waals surface area contributed by atoms with Gasteiger partial charge in [-0.3, -0.25) is 9.59 Å². The number of hydrogen-bond acceptors (Lipinski definition) is 5.